The van der Waals surface area contributed by atoms with Gasteiger partial charge >= 0.3 is 5.97 Å². The molecule has 11 heteroatoms. The number of halogens is 1. The summed E-state index contributed by atoms with van der Waals surface area (Å²) in [5.41, 5.74) is 1.47. The van der Waals surface area contributed by atoms with Gasteiger partial charge in [-0.15, -0.1) is 0 Å². The molecule has 0 aliphatic carbocycles. The molecule has 3 N–H and O–H groups in total. The number of aromatic nitrogens is 3. The number of nitrogens with one attached hydrogen (secondary N) is 3. The molecule has 2 heterocycles. The molecule has 186 valence electrons. The van der Waals surface area contributed by atoms with Gasteiger partial charge in [-0.05, 0) is 38.3 Å². The average molecular weight is 517 g/mol. The Labute approximate surface area is 213 Å². The summed E-state index contributed by atoms with van der Waals surface area (Å²) in [6.07, 6.45) is 5.76. The first kappa shape index (κ1) is 26.4. The van der Waals surface area contributed by atoms with Crippen LogP contribution in [0.5, 0.6) is 0 Å². The van der Waals surface area contributed by atoms with Gasteiger partial charge in [-0.1, -0.05) is 47.9 Å². The van der Waals surface area contributed by atoms with E-state index in [2.05, 4.69) is 35.6 Å². The summed E-state index contributed by atoms with van der Waals surface area (Å²) < 4.78 is 4.65. The number of esters is 1. The molecule has 0 aliphatic rings. The highest BCUT2D eigenvalue weighted by Gasteiger charge is 2.14. The summed E-state index contributed by atoms with van der Waals surface area (Å²) in [7, 11) is 1.41. The monoisotopic (exact) mass is 516 g/mol. The van der Waals surface area contributed by atoms with Crippen molar-refractivity contribution in [2.75, 3.05) is 29.6 Å². The Morgan fingerprint density at radius 1 is 1.09 bits per heavy atom. The number of ether oxygens (including phenoxy) is 1. The molecular weight excluding hydrogens is 488 g/mol. The molecule has 0 saturated heterocycles. The molecule has 0 unspecified atom stereocenters. The maximum absolute atomic E-state index is 12.7. The normalized spacial score (nSPS) is 10.6. The lowest BCUT2D eigenvalue weighted by molar-refractivity contribution is -0.140. The summed E-state index contributed by atoms with van der Waals surface area (Å²) in [5, 5.41) is 10.3. The summed E-state index contributed by atoms with van der Waals surface area (Å²) in [5.74, 6) is 1.46. The van der Waals surface area contributed by atoms with Gasteiger partial charge in [-0.2, -0.15) is 0 Å². The van der Waals surface area contributed by atoms with E-state index >= 15 is 0 Å². The summed E-state index contributed by atoms with van der Waals surface area (Å²) in [4.78, 5) is 37.4. The van der Waals surface area contributed by atoms with Crippen molar-refractivity contribution in [3.8, 4) is 0 Å². The lowest BCUT2D eigenvalue weighted by Gasteiger charge is -2.09. The van der Waals surface area contributed by atoms with E-state index in [0.717, 1.165) is 37.8 Å². The molecule has 3 aromatic rings. The van der Waals surface area contributed by atoms with Crippen molar-refractivity contribution in [3.05, 3.63) is 51.7 Å². The molecule has 0 saturated carbocycles. The highest BCUT2D eigenvalue weighted by Crippen LogP contribution is 2.28. The number of hydrogen-bond acceptors (Lipinski definition) is 9. The van der Waals surface area contributed by atoms with E-state index in [1.807, 2.05) is 26.0 Å². The molecule has 1 amide bonds. The third-order valence-electron chi connectivity index (χ3n) is 5.10. The SMILES string of the molecule is COC(=O)CCCCCCNc1cc(Nc2ncc(C(=O)Nc3c(C)cccc3Cl)s2)nc(C)n1. The Morgan fingerprint density at radius 3 is 2.63 bits per heavy atom. The third kappa shape index (κ3) is 8.18. The van der Waals surface area contributed by atoms with Gasteiger partial charge in [0.2, 0.25) is 0 Å². The van der Waals surface area contributed by atoms with Crippen molar-refractivity contribution in [1.29, 1.82) is 0 Å². The zero-order chi connectivity index (χ0) is 25.2. The summed E-state index contributed by atoms with van der Waals surface area (Å²) in [6.45, 7) is 4.46. The Kier molecular flexibility index (Phi) is 9.80. The second-order valence-corrected chi connectivity index (χ2v) is 9.33. The molecule has 0 fully saturated rings. The van der Waals surface area contributed by atoms with Crippen molar-refractivity contribution in [2.24, 2.45) is 0 Å². The predicted octanol–water partition coefficient (Wildman–Crippen LogP) is 5.73. The predicted molar refractivity (Wildman–Crippen MR) is 140 cm³/mol. The lowest BCUT2D eigenvalue weighted by atomic mass is 10.1. The Bertz CT molecular complexity index is 1150. The van der Waals surface area contributed by atoms with E-state index < -0.39 is 0 Å². The Balaban J connectivity index is 1.51. The van der Waals surface area contributed by atoms with Crippen molar-refractivity contribution in [2.45, 2.75) is 46.0 Å². The van der Waals surface area contributed by atoms with Gasteiger partial charge in [-0.3, -0.25) is 9.59 Å². The van der Waals surface area contributed by atoms with E-state index in [1.165, 1.54) is 24.6 Å². The van der Waals surface area contributed by atoms with Crippen LogP contribution in [0.4, 0.5) is 22.5 Å². The van der Waals surface area contributed by atoms with Crippen LogP contribution >= 0.6 is 22.9 Å². The number of para-hydroxylation sites is 1. The maximum atomic E-state index is 12.7. The Morgan fingerprint density at radius 2 is 1.86 bits per heavy atom. The van der Waals surface area contributed by atoms with Crippen LogP contribution < -0.4 is 16.0 Å². The van der Waals surface area contributed by atoms with E-state index in [4.69, 9.17) is 11.6 Å². The number of nitrogens with zero attached hydrogens (tertiary/aromatic N) is 3. The fourth-order valence-corrected chi connectivity index (χ4v) is 4.29. The topological polar surface area (TPSA) is 118 Å². The minimum Gasteiger partial charge on any atom is -0.469 e. The first-order valence-electron chi connectivity index (χ1n) is 11.3. The lowest BCUT2D eigenvalue weighted by Crippen LogP contribution is -2.11. The fourth-order valence-electron chi connectivity index (χ4n) is 3.30. The van der Waals surface area contributed by atoms with Crippen LogP contribution in [0.25, 0.3) is 0 Å². The zero-order valence-corrected chi connectivity index (χ0v) is 21.6. The second kappa shape index (κ2) is 13.0. The number of carbonyl (C=O) groups excluding carboxylic acids is 2. The highest BCUT2D eigenvalue weighted by molar-refractivity contribution is 7.17. The van der Waals surface area contributed by atoms with Crippen molar-refractivity contribution >= 4 is 57.3 Å². The number of amides is 1. The minimum atomic E-state index is -0.278. The zero-order valence-electron chi connectivity index (χ0n) is 20.0. The molecule has 0 bridgehead atoms. The number of hydrogen-bond donors (Lipinski definition) is 3. The van der Waals surface area contributed by atoms with Gasteiger partial charge in [0.05, 0.1) is 24.0 Å². The maximum Gasteiger partial charge on any atom is 0.305 e. The van der Waals surface area contributed by atoms with E-state index in [-0.39, 0.29) is 11.9 Å². The van der Waals surface area contributed by atoms with Gasteiger partial charge in [-0.25, -0.2) is 15.0 Å². The molecule has 0 radical (unpaired) electrons. The van der Waals surface area contributed by atoms with Crippen LogP contribution in [-0.4, -0.2) is 40.5 Å². The second-order valence-electron chi connectivity index (χ2n) is 7.89. The molecule has 1 aromatic carbocycles. The quantitative estimate of drug-likeness (QED) is 0.206. The number of thiazole rings is 1. The number of methoxy groups -OCH3 is 1. The Hall–Kier alpha value is -3.24. The largest absolute Gasteiger partial charge is 0.469 e. The standard InChI is InChI=1S/C24H29ClN6O3S/c1-15-9-8-10-17(25)22(15)31-23(33)18-14-27-24(35-18)30-20-13-19(28-16(2)29-20)26-12-7-5-4-6-11-21(32)34-3/h8-10,13-14H,4-7,11-12H2,1-3H3,(H,31,33)(H2,26,27,28,29,30). The van der Waals surface area contributed by atoms with Crippen LogP contribution in [0.15, 0.2) is 30.5 Å². The van der Waals surface area contributed by atoms with Crippen molar-refractivity contribution in [3.63, 3.8) is 0 Å². The van der Waals surface area contributed by atoms with Gasteiger partial charge in [0.1, 0.15) is 22.3 Å². The highest BCUT2D eigenvalue weighted by atomic mass is 35.5. The molecule has 0 atom stereocenters. The van der Waals surface area contributed by atoms with Gasteiger partial charge in [0.15, 0.2) is 5.13 Å². The summed E-state index contributed by atoms with van der Waals surface area (Å²) >= 11 is 7.43. The van der Waals surface area contributed by atoms with Crippen LogP contribution in [0, 0.1) is 13.8 Å². The molecule has 0 spiro atoms. The minimum absolute atomic E-state index is 0.164. The smallest absolute Gasteiger partial charge is 0.305 e. The van der Waals surface area contributed by atoms with E-state index in [1.54, 1.807) is 12.1 Å². The van der Waals surface area contributed by atoms with E-state index in [0.29, 0.717) is 44.6 Å². The van der Waals surface area contributed by atoms with E-state index in [9.17, 15) is 9.59 Å². The van der Waals surface area contributed by atoms with Gasteiger partial charge in [0, 0.05) is 19.0 Å². The molecule has 2 aromatic heterocycles. The van der Waals surface area contributed by atoms with Gasteiger partial charge < -0.3 is 20.7 Å². The first-order chi connectivity index (χ1) is 16.9. The number of benzene rings is 1. The molecule has 35 heavy (non-hydrogen) atoms. The molecular formula is C24H29ClN6O3S. The number of unbranched alkanes of at least 4 members (excludes halogenated alkanes) is 3. The molecule has 3 rings (SSSR count). The first-order valence-corrected chi connectivity index (χ1v) is 12.5. The number of anilines is 4. The molecule has 9 nitrogen and oxygen atoms in total. The van der Waals surface area contributed by atoms with Crippen molar-refractivity contribution < 1.29 is 14.3 Å². The fraction of sp³-hybridized carbons (Fsp3) is 0.375. The third-order valence-corrected chi connectivity index (χ3v) is 6.33. The van der Waals surface area contributed by atoms with Gasteiger partial charge in [0.25, 0.3) is 5.91 Å². The van der Waals surface area contributed by atoms with Crippen molar-refractivity contribution in [1.82, 2.24) is 15.0 Å². The average Bonchev–Trinajstić information content (AvgIpc) is 3.29. The number of rotatable bonds is 12. The van der Waals surface area contributed by atoms with Crippen LogP contribution in [0.1, 0.15) is 53.2 Å². The van der Waals surface area contributed by atoms with Crippen LogP contribution in [-0.2, 0) is 9.53 Å². The number of carbonyl (C=O) groups is 2. The van der Waals surface area contributed by atoms with Crippen LogP contribution in [0.3, 0.4) is 0 Å². The molecule has 0 aliphatic heterocycles. The number of aryl methyl sites for hydroxylation is 2. The van der Waals surface area contributed by atoms with Crippen LogP contribution in [0.2, 0.25) is 5.02 Å². The summed E-state index contributed by atoms with van der Waals surface area (Å²) in [6, 6.07) is 7.26.